The molecule has 3 rings (SSSR count). The number of ether oxygens (including phenoxy) is 1. The van der Waals surface area contributed by atoms with Crippen LogP contribution in [0, 0.1) is 0 Å². The molecule has 0 spiro atoms. The van der Waals surface area contributed by atoms with Gasteiger partial charge in [0.05, 0.1) is 16.0 Å². The van der Waals surface area contributed by atoms with Gasteiger partial charge in [-0.25, -0.2) is 9.59 Å². The molecule has 0 fully saturated rings. The number of benzene rings is 2. The lowest BCUT2D eigenvalue weighted by atomic mass is 10.1. The summed E-state index contributed by atoms with van der Waals surface area (Å²) in [6.07, 6.45) is -1.26. The molecule has 1 atom stereocenters. The largest absolute Gasteiger partial charge is 0.386 e. The number of rotatable bonds is 5. The number of carbonyl (C=O) groups excluding carboxylic acids is 3. The van der Waals surface area contributed by atoms with Crippen LogP contribution in [0.5, 0.6) is 0 Å². The zero-order chi connectivity index (χ0) is 18.2. The second kappa shape index (κ2) is 6.23. The van der Waals surface area contributed by atoms with Gasteiger partial charge in [-0.2, -0.15) is 8.42 Å². The Bertz CT molecular complexity index is 977. The summed E-state index contributed by atoms with van der Waals surface area (Å²) in [6.45, 7) is 1.32. The number of cyclic esters (lactones) is 2. The van der Waals surface area contributed by atoms with E-state index in [1.165, 1.54) is 13.0 Å². The molecule has 1 unspecified atom stereocenters. The quantitative estimate of drug-likeness (QED) is 0.347. The third kappa shape index (κ3) is 3.21. The highest BCUT2D eigenvalue weighted by molar-refractivity contribution is 7.86. The van der Waals surface area contributed by atoms with Crippen LogP contribution >= 0.6 is 0 Å². The maximum atomic E-state index is 12.4. The molecule has 1 aliphatic heterocycles. The summed E-state index contributed by atoms with van der Waals surface area (Å²) < 4.78 is 34.1. The molecule has 2 aromatic carbocycles. The number of Topliss-reactive ketones (excluding diaryl/α,β-unsaturated/α-hetero) is 1. The highest BCUT2D eigenvalue weighted by atomic mass is 32.2. The summed E-state index contributed by atoms with van der Waals surface area (Å²) in [6, 6.07) is 11.4. The number of esters is 2. The summed E-state index contributed by atoms with van der Waals surface area (Å²) >= 11 is 0. The normalized spacial score (nSPS) is 14.8. The molecule has 0 radical (unpaired) electrons. The van der Waals surface area contributed by atoms with Crippen molar-refractivity contribution in [3.63, 3.8) is 0 Å². The average molecular weight is 360 g/mol. The third-order valence-electron chi connectivity index (χ3n) is 3.60. The fourth-order valence-electron chi connectivity index (χ4n) is 2.35. The maximum Gasteiger partial charge on any atom is 0.346 e. The van der Waals surface area contributed by atoms with Gasteiger partial charge in [0.2, 0.25) is 0 Å². The smallest absolute Gasteiger partial charge is 0.346 e. The van der Waals surface area contributed by atoms with Crippen molar-refractivity contribution < 1.29 is 31.7 Å². The molecular formula is C17H12O7S. The minimum absolute atomic E-state index is 0.0163. The van der Waals surface area contributed by atoms with E-state index in [1.54, 1.807) is 30.3 Å². The van der Waals surface area contributed by atoms with Gasteiger partial charge in [0.15, 0.2) is 5.78 Å². The van der Waals surface area contributed by atoms with Gasteiger partial charge in [-0.15, -0.1) is 0 Å². The first kappa shape index (κ1) is 17.0. The first-order valence-corrected chi connectivity index (χ1v) is 8.63. The van der Waals surface area contributed by atoms with E-state index in [0.29, 0.717) is 5.56 Å². The number of carbonyl (C=O) groups is 3. The highest BCUT2D eigenvalue weighted by Crippen LogP contribution is 2.25. The highest BCUT2D eigenvalue weighted by Gasteiger charge is 2.32. The number of hydrogen-bond acceptors (Lipinski definition) is 7. The van der Waals surface area contributed by atoms with Gasteiger partial charge in [0.1, 0.15) is 6.10 Å². The van der Waals surface area contributed by atoms with Gasteiger partial charge in [-0.1, -0.05) is 30.3 Å². The lowest BCUT2D eigenvalue weighted by Crippen LogP contribution is -2.24. The van der Waals surface area contributed by atoms with E-state index in [2.05, 4.69) is 4.74 Å². The maximum absolute atomic E-state index is 12.4. The number of ketones is 1. The molecule has 7 nitrogen and oxygen atoms in total. The number of hydrogen-bond donors (Lipinski definition) is 0. The van der Waals surface area contributed by atoms with Crippen LogP contribution in [-0.4, -0.2) is 32.2 Å². The molecule has 0 saturated carbocycles. The molecule has 0 aliphatic carbocycles. The van der Waals surface area contributed by atoms with Crippen LogP contribution in [0.2, 0.25) is 0 Å². The first-order chi connectivity index (χ1) is 11.8. The second-order valence-corrected chi connectivity index (χ2v) is 6.88. The Morgan fingerprint density at radius 3 is 2.32 bits per heavy atom. The molecule has 0 N–H and O–H groups in total. The van der Waals surface area contributed by atoms with Crippen molar-refractivity contribution in [3.05, 3.63) is 65.2 Å². The van der Waals surface area contributed by atoms with Crippen LogP contribution in [0.15, 0.2) is 53.4 Å². The molecule has 0 saturated heterocycles. The van der Waals surface area contributed by atoms with Gasteiger partial charge in [0.25, 0.3) is 10.1 Å². The van der Waals surface area contributed by atoms with Crippen LogP contribution in [0.1, 0.15) is 38.0 Å². The van der Waals surface area contributed by atoms with Crippen molar-refractivity contribution in [2.75, 3.05) is 0 Å². The first-order valence-electron chi connectivity index (χ1n) is 7.23. The molecule has 1 heterocycles. The Morgan fingerprint density at radius 2 is 1.64 bits per heavy atom. The van der Waals surface area contributed by atoms with Crippen molar-refractivity contribution in [2.24, 2.45) is 0 Å². The fraction of sp³-hybridized carbons (Fsp3) is 0.118. The van der Waals surface area contributed by atoms with Crippen molar-refractivity contribution in [1.82, 2.24) is 0 Å². The molecule has 1 aliphatic rings. The van der Waals surface area contributed by atoms with Gasteiger partial charge < -0.3 is 4.74 Å². The zero-order valence-corrected chi connectivity index (χ0v) is 13.8. The van der Waals surface area contributed by atoms with E-state index in [9.17, 15) is 22.8 Å². The predicted molar refractivity (Wildman–Crippen MR) is 84.7 cm³/mol. The second-order valence-electron chi connectivity index (χ2n) is 5.31. The Balaban J connectivity index is 1.85. The summed E-state index contributed by atoms with van der Waals surface area (Å²) in [7, 11) is -4.31. The molecule has 128 valence electrons. The van der Waals surface area contributed by atoms with Gasteiger partial charge in [-0.05, 0) is 25.1 Å². The van der Waals surface area contributed by atoms with Gasteiger partial charge in [-0.3, -0.25) is 8.98 Å². The van der Waals surface area contributed by atoms with E-state index in [0.717, 1.165) is 12.1 Å². The Kier molecular flexibility index (Phi) is 4.23. The molecule has 0 amide bonds. The molecule has 25 heavy (non-hydrogen) atoms. The molecule has 0 bridgehead atoms. The summed E-state index contributed by atoms with van der Waals surface area (Å²) in [5.41, 5.74) is 0.141. The lowest BCUT2D eigenvalue weighted by molar-refractivity contribution is 0.0443. The monoisotopic (exact) mass is 360 g/mol. The van der Waals surface area contributed by atoms with E-state index < -0.39 is 33.9 Å². The van der Waals surface area contributed by atoms with Crippen molar-refractivity contribution in [1.29, 1.82) is 0 Å². The van der Waals surface area contributed by atoms with E-state index >= 15 is 0 Å². The van der Waals surface area contributed by atoms with E-state index in [4.69, 9.17) is 4.18 Å². The van der Waals surface area contributed by atoms with Crippen LogP contribution in [-0.2, 0) is 19.0 Å². The molecule has 2 aromatic rings. The SMILES string of the molecule is CC(OS(=O)(=O)c1ccc2c(c1)C(=O)OC2=O)C(=O)c1ccccc1. The zero-order valence-electron chi connectivity index (χ0n) is 13.0. The van der Waals surface area contributed by atoms with Gasteiger partial charge in [0, 0.05) is 5.56 Å². The average Bonchev–Trinajstić information content (AvgIpc) is 2.88. The van der Waals surface area contributed by atoms with E-state index in [1.807, 2.05) is 0 Å². The van der Waals surface area contributed by atoms with Crippen LogP contribution < -0.4 is 0 Å². The Hall–Kier alpha value is -2.84. The van der Waals surface area contributed by atoms with Crippen LogP contribution in [0.3, 0.4) is 0 Å². The third-order valence-corrected chi connectivity index (χ3v) is 4.98. The molecule has 8 heteroatoms. The Morgan fingerprint density at radius 1 is 1.00 bits per heavy atom. The summed E-state index contributed by atoms with van der Waals surface area (Å²) in [5, 5.41) is 0. The van der Waals surface area contributed by atoms with Crippen molar-refractivity contribution >= 4 is 27.8 Å². The Labute approximate surface area is 143 Å². The minimum atomic E-state index is -4.31. The minimum Gasteiger partial charge on any atom is -0.386 e. The standard InChI is InChI=1S/C17H12O7S/c1-10(15(18)11-5-3-2-4-6-11)24-25(21,22)12-7-8-13-14(9-12)17(20)23-16(13)19/h2-10H,1H3. The summed E-state index contributed by atoms with van der Waals surface area (Å²) in [4.78, 5) is 34.8. The molecular weight excluding hydrogens is 348 g/mol. The lowest BCUT2D eigenvalue weighted by Gasteiger charge is -2.12. The number of fused-ring (bicyclic) bond motifs is 1. The van der Waals surface area contributed by atoms with Crippen LogP contribution in [0.4, 0.5) is 0 Å². The molecule has 0 aromatic heterocycles. The van der Waals surface area contributed by atoms with Crippen molar-refractivity contribution in [2.45, 2.75) is 17.9 Å². The summed E-state index contributed by atoms with van der Waals surface area (Å²) in [5.74, 6) is -2.26. The predicted octanol–water partition coefficient (Wildman–Crippen LogP) is 1.97. The van der Waals surface area contributed by atoms with Crippen molar-refractivity contribution in [3.8, 4) is 0 Å². The van der Waals surface area contributed by atoms with E-state index in [-0.39, 0.29) is 16.0 Å². The van der Waals surface area contributed by atoms with Crippen LogP contribution in [0.25, 0.3) is 0 Å². The van der Waals surface area contributed by atoms with Gasteiger partial charge >= 0.3 is 11.9 Å². The topological polar surface area (TPSA) is 104 Å². The fourth-order valence-corrected chi connectivity index (χ4v) is 3.42.